The first-order valence-corrected chi connectivity index (χ1v) is 4.33. The van der Waals surface area contributed by atoms with Crippen molar-refractivity contribution >= 4 is 27.7 Å². The van der Waals surface area contributed by atoms with Crippen molar-refractivity contribution < 1.29 is 14.3 Å². The molecule has 1 heterocycles. The Balaban J connectivity index is 3.09. The minimum Gasteiger partial charge on any atom is -0.464 e. The molecule has 13 heavy (non-hydrogen) atoms. The summed E-state index contributed by atoms with van der Waals surface area (Å²) < 4.78 is 4.98. The Kier molecular flexibility index (Phi) is 2.87. The molecule has 1 N–H and O–H groups in total. The van der Waals surface area contributed by atoms with Gasteiger partial charge in [0.05, 0.1) is 17.3 Å². The fraction of sp³-hybridized carbons (Fsp3) is 0.250. The maximum Gasteiger partial charge on any atom is 0.354 e. The molecule has 0 spiro atoms. The summed E-state index contributed by atoms with van der Waals surface area (Å²) in [6.07, 6.45) is 0. The van der Waals surface area contributed by atoms with E-state index in [4.69, 9.17) is 0 Å². The summed E-state index contributed by atoms with van der Waals surface area (Å²) in [5.41, 5.74) is 0.708. The molecule has 0 saturated carbocycles. The van der Waals surface area contributed by atoms with Crippen LogP contribution >= 0.6 is 15.9 Å². The highest BCUT2D eigenvalue weighted by molar-refractivity contribution is 9.10. The number of esters is 1. The van der Waals surface area contributed by atoms with Crippen LogP contribution in [0.1, 0.15) is 27.8 Å². The molecule has 0 bridgehead atoms. The molecule has 0 atom stereocenters. The van der Waals surface area contributed by atoms with Crippen LogP contribution in [0.2, 0.25) is 0 Å². The van der Waals surface area contributed by atoms with Gasteiger partial charge in [0.2, 0.25) is 0 Å². The number of aromatic nitrogens is 1. The van der Waals surface area contributed by atoms with Crippen molar-refractivity contribution in [3.8, 4) is 0 Å². The van der Waals surface area contributed by atoms with Gasteiger partial charge < -0.3 is 9.72 Å². The minimum atomic E-state index is -0.492. The van der Waals surface area contributed by atoms with Crippen molar-refractivity contribution in [2.75, 3.05) is 7.11 Å². The Morgan fingerprint density at radius 2 is 2.15 bits per heavy atom. The zero-order valence-corrected chi connectivity index (χ0v) is 8.77. The van der Waals surface area contributed by atoms with Crippen LogP contribution in [0.25, 0.3) is 0 Å². The molecule has 0 aliphatic heterocycles. The number of nitrogens with one attached hydrogen (secondary N) is 1. The molecular formula is C8H8BrNO3. The van der Waals surface area contributed by atoms with Crippen LogP contribution in [0.5, 0.6) is 0 Å². The minimum absolute atomic E-state index is 0.113. The lowest BCUT2D eigenvalue weighted by molar-refractivity contribution is 0.0594. The van der Waals surface area contributed by atoms with Crippen molar-refractivity contribution in [2.24, 2.45) is 0 Å². The first-order chi connectivity index (χ1) is 6.06. The van der Waals surface area contributed by atoms with Crippen LogP contribution in [-0.4, -0.2) is 23.8 Å². The molecule has 0 aromatic carbocycles. The van der Waals surface area contributed by atoms with Gasteiger partial charge >= 0.3 is 5.97 Å². The summed E-state index contributed by atoms with van der Waals surface area (Å²) in [5, 5.41) is 0. The van der Waals surface area contributed by atoms with Crippen LogP contribution in [0.3, 0.4) is 0 Å². The zero-order valence-electron chi connectivity index (χ0n) is 7.18. The van der Waals surface area contributed by atoms with E-state index >= 15 is 0 Å². The van der Waals surface area contributed by atoms with Crippen LogP contribution in [0.4, 0.5) is 0 Å². The van der Waals surface area contributed by atoms with Gasteiger partial charge in [0.15, 0.2) is 5.78 Å². The van der Waals surface area contributed by atoms with Crippen LogP contribution in [0.15, 0.2) is 10.7 Å². The van der Waals surface area contributed by atoms with E-state index in [2.05, 4.69) is 25.7 Å². The van der Waals surface area contributed by atoms with E-state index in [1.807, 2.05) is 0 Å². The molecule has 4 nitrogen and oxygen atoms in total. The molecule has 70 valence electrons. The molecule has 0 aliphatic carbocycles. The average Bonchev–Trinajstić information content (AvgIpc) is 2.46. The second-order valence-corrected chi connectivity index (χ2v) is 3.25. The molecule has 1 aromatic rings. The van der Waals surface area contributed by atoms with Gasteiger partial charge in [-0.05, 0) is 28.9 Å². The number of H-pyrrole nitrogens is 1. The molecule has 0 amide bonds. The lowest BCUT2D eigenvalue weighted by Gasteiger charge is -1.91. The third kappa shape index (κ3) is 1.98. The standard InChI is InChI=1S/C8H8BrNO3/c1-4(11)5-3-6(8(12)13-2)10-7(5)9/h3,10H,1-2H3. The number of ether oxygens (including phenoxy) is 1. The normalized spacial score (nSPS) is 9.77. The molecule has 0 unspecified atom stereocenters. The molecule has 0 fully saturated rings. The molecule has 0 radical (unpaired) electrons. The van der Waals surface area contributed by atoms with E-state index in [1.165, 1.54) is 20.1 Å². The number of rotatable bonds is 2. The topological polar surface area (TPSA) is 59.2 Å². The molecular weight excluding hydrogens is 238 g/mol. The van der Waals surface area contributed by atoms with Crippen LogP contribution < -0.4 is 0 Å². The summed E-state index contributed by atoms with van der Waals surface area (Å²) in [7, 11) is 1.28. The predicted octanol–water partition coefficient (Wildman–Crippen LogP) is 1.77. The largest absolute Gasteiger partial charge is 0.464 e. The van der Waals surface area contributed by atoms with Gasteiger partial charge in [-0.1, -0.05) is 0 Å². The van der Waals surface area contributed by atoms with E-state index in [9.17, 15) is 9.59 Å². The number of hydrogen-bond donors (Lipinski definition) is 1. The Morgan fingerprint density at radius 1 is 1.54 bits per heavy atom. The summed E-state index contributed by atoms with van der Waals surface area (Å²) in [4.78, 5) is 24.7. The van der Waals surface area contributed by atoms with E-state index in [1.54, 1.807) is 0 Å². The first kappa shape index (κ1) is 9.98. The van der Waals surface area contributed by atoms with Crippen molar-refractivity contribution in [3.05, 3.63) is 21.9 Å². The summed E-state index contributed by atoms with van der Waals surface area (Å²) in [6.45, 7) is 1.43. The number of hydrogen-bond acceptors (Lipinski definition) is 3. The second-order valence-electron chi connectivity index (χ2n) is 2.46. The molecule has 0 saturated heterocycles. The highest BCUT2D eigenvalue weighted by atomic mass is 79.9. The van der Waals surface area contributed by atoms with Gasteiger partial charge in [0.1, 0.15) is 5.69 Å². The number of Topliss-reactive ketones (excluding diaryl/α,β-unsaturated/α-hetero) is 1. The predicted molar refractivity (Wildman–Crippen MR) is 49.8 cm³/mol. The number of methoxy groups -OCH3 is 1. The lowest BCUT2D eigenvalue weighted by Crippen LogP contribution is -2.00. The summed E-state index contributed by atoms with van der Waals surface area (Å²) in [5.74, 6) is -0.605. The number of aromatic amines is 1. The van der Waals surface area contributed by atoms with E-state index < -0.39 is 5.97 Å². The number of carbonyl (C=O) groups is 2. The molecule has 1 aromatic heterocycles. The monoisotopic (exact) mass is 245 g/mol. The smallest absolute Gasteiger partial charge is 0.354 e. The van der Waals surface area contributed by atoms with Crippen LogP contribution in [-0.2, 0) is 4.74 Å². The fourth-order valence-electron chi connectivity index (χ4n) is 0.905. The van der Waals surface area contributed by atoms with Gasteiger partial charge in [0.25, 0.3) is 0 Å². The third-order valence-corrected chi connectivity index (χ3v) is 2.18. The number of halogens is 1. The Labute approximate surface area is 83.4 Å². The van der Waals surface area contributed by atoms with Gasteiger partial charge in [-0.2, -0.15) is 0 Å². The number of ketones is 1. The maximum atomic E-state index is 11.0. The van der Waals surface area contributed by atoms with E-state index in [0.29, 0.717) is 10.2 Å². The van der Waals surface area contributed by atoms with E-state index in [0.717, 1.165) is 0 Å². The van der Waals surface area contributed by atoms with Crippen molar-refractivity contribution in [1.82, 2.24) is 4.98 Å². The van der Waals surface area contributed by atoms with Crippen LogP contribution in [0, 0.1) is 0 Å². The lowest BCUT2D eigenvalue weighted by atomic mass is 10.2. The van der Waals surface area contributed by atoms with Crippen molar-refractivity contribution in [3.63, 3.8) is 0 Å². The highest BCUT2D eigenvalue weighted by Gasteiger charge is 2.14. The quantitative estimate of drug-likeness (QED) is 0.639. The van der Waals surface area contributed by atoms with Gasteiger partial charge in [0, 0.05) is 0 Å². The average molecular weight is 246 g/mol. The van der Waals surface area contributed by atoms with Gasteiger partial charge in [-0.15, -0.1) is 0 Å². The molecule has 1 rings (SSSR count). The highest BCUT2D eigenvalue weighted by Crippen LogP contribution is 2.18. The first-order valence-electron chi connectivity index (χ1n) is 3.54. The Hall–Kier alpha value is -1.10. The van der Waals surface area contributed by atoms with Gasteiger partial charge in [-0.25, -0.2) is 4.79 Å². The van der Waals surface area contributed by atoms with Gasteiger partial charge in [-0.3, -0.25) is 4.79 Å². The zero-order chi connectivity index (χ0) is 10.0. The molecule has 5 heteroatoms. The summed E-state index contributed by atoms with van der Waals surface area (Å²) >= 11 is 3.13. The molecule has 0 aliphatic rings. The third-order valence-electron chi connectivity index (χ3n) is 1.55. The van der Waals surface area contributed by atoms with Crippen molar-refractivity contribution in [1.29, 1.82) is 0 Å². The number of carbonyl (C=O) groups excluding carboxylic acids is 2. The Morgan fingerprint density at radius 3 is 2.54 bits per heavy atom. The van der Waals surface area contributed by atoms with Crippen molar-refractivity contribution in [2.45, 2.75) is 6.92 Å². The SMILES string of the molecule is COC(=O)c1cc(C(C)=O)c(Br)[nH]1. The fourth-order valence-corrected chi connectivity index (χ4v) is 1.51. The van der Waals surface area contributed by atoms with E-state index in [-0.39, 0.29) is 11.5 Å². The Bertz CT molecular complexity index is 356. The maximum absolute atomic E-state index is 11.0. The second kappa shape index (κ2) is 3.74. The summed E-state index contributed by atoms with van der Waals surface area (Å²) in [6, 6.07) is 1.46.